The van der Waals surface area contributed by atoms with Gasteiger partial charge in [-0.2, -0.15) is 0 Å². The normalized spacial score (nSPS) is 14.3. The summed E-state index contributed by atoms with van der Waals surface area (Å²) in [6, 6.07) is 74.4. The lowest BCUT2D eigenvalue weighted by Gasteiger charge is -2.25. The van der Waals surface area contributed by atoms with Gasteiger partial charge in [0.05, 0.1) is 16.7 Å². The van der Waals surface area contributed by atoms with Crippen molar-refractivity contribution in [1.29, 1.82) is 0 Å². The minimum Gasteiger partial charge on any atom is -0.456 e. The summed E-state index contributed by atoms with van der Waals surface area (Å²) in [5.41, 5.74) is 10.4. The fraction of sp³-hybridized carbons (Fsp3) is 0.0164. The van der Waals surface area contributed by atoms with Gasteiger partial charge in [0.2, 0.25) is 0 Å². The highest BCUT2D eigenvalue weighted by Crippen LogP contribution is 2.43. The smallest absolute Gasteiger partial charge is 0.159 e. The van der Waals surface area contributed by atoms with Crippen LogP contribution in [0.5, 0.6) is 0 Å². The zero-order valence-electron chi connectivity index (χ0n) is 36.3. The number of hydrogen-bond donors (Lipinski definition) is 1. The van der Waals surface area contributed by atoms with Crippen LogP contribution in [0.15, 0.2) is 221 Å². The molecule has 14 aromatic rings. The predicted molar refractivity (Wildman–Crippen MR) is 289 cm³/mol. The summed E-state index contributed by atoms with van der Waals surface area (Å²) in [4.78, 5) is 11.1. The number of nitrogens with zero attached hydrogens (tertiary/aromatic N) is 3. The Labute approximate surface area is 397 Å². The van der Waals surface area contributed by atoms with Crippen LogP contribution in [-0.4, -0.2) is 16.2 Å². The number of fused-ring (bicyclic) bond motifs is 13. The number of aromatic nitrogens is 1. The molecule has 0 saturated carbocycles. The molecule has 0 radical (unpaired) electrons. The Hall–Kier alpha value is -8.36. The number of nitrogens with one attached hydrogen (secondary N) is 1. The second-order valence-electron chi connectivity index (χ2n) is 17.7. The summed E-state index contributed by atoms with van der Waals surface area (Å²) in [5, 5.41) is 15.9. The van der Waals surface area contributed by atoms with E-state index >= 15 is 0 Å². The molecule has 0 spiro atoms. The summed E-state index contributed by atoms with van der Waals surface area (Å²) >= 11 is 3.65. The number of rotatable bonds is 5. The molecule has 5 heterocycles. The largest absolute Gasteiger partial charge is 0.456 e. The van der Waals surface area contributed by atoms with Gasteiger partial charge in [-0.15, -0.1) is 22.7 Å². The van der Waals surface area contributed by atoms with E-state index in [0.29, 0.717) is 5.84 Å². The Bertz CT molecular complexity index is 4510. The number of para-hydroxylation sites is 2. The van der Waals surface area contributed by atoms with Gasteiger partial charge < -0.3 is 14.3 Å². The molecule has 10 aromatic carbocycles. The van der Waals surface area contributed by atoms with Crippen LogP contribution < -0.4 is 5.32 Å². The number of furan rings is 1. The van der Waals surface area contributed by atoms with E-state index in [0.717, 1.165) is 72.3 Å². The minimum absolute atomic E-state index is 0.411. The van der Waals surface area contributed by atoms with Crippen molar-refractivity contribution in [1.82, 2.24) is 9.88 Å². The van der Waals surface area contributed by atoms with Gasteiger partial charge in [-0.25, -0.2) is 9.98 Å². The highest BCUT2D eigenvalue weighted by molar-refractivity contribution is 7.26. The molecule has 318 valence electrons. The molecular weight excluding hydrogens is 869 g/mol. The Balaban J connectivity index is 1.000. The van der Waals surface area contributed by atoms with Crippen LogP contribution in [0.4, 0.5) is 0 Å². The van der Waals surface area contributed by atoms with E-state index in [9.17, 15) is 0 Å². The van der Waals surface area contributed by atoms with Crippen molar-refractivity contribution in [2.24, 2.45) is 9.98 Å². The lowest BCUT2D eigenvalue weighted by molar-refractivity contribution is 0.669. The van der Waals surface area contributed by atoms with Crippen molar-refractivity contribution in [3.63, 3.8) is 0 Å². The highest BCUT2D eigenvalue weighted by atomic mass is 32.1. The van der Waals surface area contributed by atoms with Crippen molar-refractivity contribution in [2.75, 3.05) is 0 Å². The average Bonchev–Trinajstić information content (AvgIpc) is 4.16. The molecule has 0 bridgehead atoms. The van der Waals surface area contributed by atoms with Gasteiger partial charge >= 0.3 is 0 Å². The SMILES string of the molecule is c1ccc2cc3c(cc2c1)c1ccccc1n3-c1ccc(C2=NC(c3cccc4sc5ccccc5c34)NC(c3cccc4c3sc3ccccc34)=N2)cc1-c1ccc2oc3ccccc3c2c1. The topological polar surface area (TPSA) is 54.8 Å². The van der Waals surface area contributed by atoms with Gasteiger partial charge in [-0.1, -0.05) is 127 Å². The van der Waals surface area contributed by atoms with E-state index in [1.54, 1.807) is 0 Å². The molecule has 1 aliphatic rings. The lowest BCUT2D eigenvalue weighted by atomic mass is 9.97. The van der Waals surface area contributed by atoms with Gasteiger partial charge in [0.15, 0.2) is 5.84 Å². The summed E-state index contributed by atoms with van der Waals surface area (Å²) in [6.45, 7) is 0. The van der Waals surface area contributed by atoms with E-state index in [4.69, 9.17) is 14.4 Å². The Morgan fingerprint density at radius 3 is 2.04 bits per heavy atom. The van der Waals surface area contributed by atoms with Crippen LogP contribution in [0, 0.1) is 0 Å². The zero-order valence-corrected chi connectivity index (χ0v) is 37.9. The molecule has 0 amide bonds. The first kappa shape index (κ1) is 37.8. The summed E-state index contributed by atoms with van der Waals surface area (Å²) in [7, 11) is 0. The Morgan fingerprint density at radius 2 is 1.15 bits per heavy atom. The van der Waals surface area contributed by atoms with Gasteiger partial charge in [-0.3, -0.25) is 0 Å². The number of thiophene rings is 2. The van der Waals surface area contributed by atoms with Gasteiger partial charge in [-0.05, 0) is 95.2 Å². The molecule has 1 atom stereocenters. The fourth-order valence-electron chi connectivity index (χ4n) is 10.7. The van der Waals surface area contributed by atoms with Crippen molar-refractivity contribution in [2.45, 2.75) is 6.17 Å². The van der Waals surface area contributed by atoms with Crippen molar-refractivity contribution in [3.05, 3.63) is 223 Å². The maximum Gasteiger partial charge on any atom is 0.159 e. The minimum atomic E-state index is -0.411. The molecule has 15 rings (SSSR count). The van der Waals surface area contributed by atoms with Crippen molar-refractivity contribution >= 4 is 129 Å². The first-order valence-electron chi connectivity index (χ1n) is 22.9. The van der Waals surface area contributed by atoms with Crippen LogP contribution in [0.25, 0.3) is 112 Å². The Kier molecular flexibility index (Phi) is 8.10. The number of hydrogen-bond acceptors (Lipinski definition) is 6. The molecule has 5 nitrogen and oxygen atoms in total. The molecular formula is C61H36N4OS2. The van der Waals surface area contributed by atoms with E-state index in [1.807, 2.05) is 34.8 Å². The third-order valence-corrected chi connectivity index (χ3v) is 16.2. The molecule has 1 N–H and O–H groups in total. The second kappa shape index (κ2) is 14.6. The maximum atomic E-state index is 6.38. The first-order chi connectivity index (χ1) is 33.7. The molecule has 68 heavy (non-hydrogen) atoms. The lowest BCUT2D eigenvalue weighted by Crippen LogP contribution is -2.33. The van der Waals surface area contributed by atoms with E-state index in [1.165, 1.54) is 61.9 Å². The molecule has 4 aromatic heterocycles. The number of amidine groups is 2. The standard InChI is InChI=1S/C61H36N4OS2/c1-2-14-36-34-51-47(31-35(36)13-1)39-15-3-7-22-49(39)65(51)50-29-27-38(33-46(50)37-28-30-53-48(32-37)40-16-4-8-23-52(40)66-53)59-62-60(44-20-12-26-56-57(44)43-18-6-10-25-55(43)67-56)64-61(63-59)45-21-11-19-42-41-17-5-9-24-54(41)68-58(42)45/h1-34,60H,(H,62,63,64). The summed E-state index contributed by atoms with van der Waals surface area (Å²) in [5.74, 6) is 1.48. The molecule has 1 unspecified atom stereocenters. The third kappa shape index (κ3) is 5.67. The number of aliphatic imine (C=N–C) groups is 2. The van der Waals surface area contributed by atoms with Crippen molar-refractivity contribution in [3.8, 4) is 16.8 Å². The molecule has 1 aliphatic heterocycles. The van der Waals surface area contributed by atoms with Crippen LogP contribution in [-0.2, 0) is 0 Å². The molecule has 0 aliphatic carbocycles. The van der Waals surface area contributed by atoms with Gasteiger partial charge in [0, 0.05) is 84.1 Å². The molecule has 7 heteroatoms. The van der Waals surface area contributed by atoms with Crippen LogP contribution in [0.3, 0.4) is 0 Å². The van der Waals surface area contributed by atoms with E-state index in [2.05, 4.69) is 204 Å². The fourth-order valence-corrected chi connectivity index (χ4v) is 13.1. The average molecular weight is 905 g/mol. The second-order valence-corrected chi connectivity index (χ2v) is 19.8. The monoisotopic (exact) mass is 904 g/mol. The zero-order chi connectivity index (χ0) is 44.5. The van der Waals surface area contributed by atoms with Crippen LogP contribution >= 0.6 is 22.7 Å². The Morgan fingerprint density at radius 1 is 0.456 bits per heavy atom. The van der Waals surface area contributed by atoms with Gasteiger partial charge in [0.25, 0.3) is 0 Å². The summed E-state index contributed by atoms with van der Waals surface area (Å²) in [6.07, 6.45) is -0.411. The predicted octanol–water partition coefficient (Wildman–Crippen LogP) is 16.7. The van der Waals surface area contributed by atoms with Gasteiger partial charge in [0.1, 0.15) is 23.2 Å². The van der Waals surface area contributed by atoms with Crippen LogP contribution in [0.2, 0.25) is 0 Å². The van der Waals surface area contributed by atoms with E-state index < -0.39 is 6.17 Å². The third-order valence-electron chi connectivity index (χ3n) is 13.9. The van der Waals surface area contributed by atoms with Crippen LogP contribution in [0.1, 0.15) is 22.9 Å². The quantitative estimate of drug-likeness (QED) is 0.187. The first-order valence-corrected chi connectivity index (χ1v) is 24.5. The molecule has 0 fully saturated rings. The number of benzene rings is 10. The van der Waals surface area contributed by atoms with Crippen molar-refractivity contribution < 1.29 is 4.42 Å². The summed E-state index contributed by atoms with van der Waals surface area (Å²) < 4.78 is 13.8. The highest BCUT2D eigenvalue weighted by Gasteiger charge is 2.27. The van der Waals surface area contributed by atoms with E-state index in [-0.39, 0.29) is 0 Å². The maximum absolute atomic E-state index is 6.38. The molecule has 0 saturated heterocycles.